The van der Waals surface area contributed by atoms with Gasteiger partial charge in [-0.3, -0.25) is 39.4 Å². The number of carbonyl (C=O) groups is 6. The summed E-state index contributed by atoms with van der Waals surface area (Å²) < 4.78 is 5.86. The number of carbonyl (C=O) groups excluding carboxylic acids is 5. The van der Waals surface area contributed by atoms with Crippen molar-refractivity contribution in [1.82, 2.24) is 52.1 Å². The molecule has 340 valence electrons. The second-order valence-electron chi connectivity index (χ2n) is 15.7. The zero-order valence-electron chi connectivity index (χ0n) is 35.4. The highest BCUT2D eigenvalue weighted by Crippen LogP contribution is 2.17. The van der Waals surface area contributed by atoms with Crippen molar-refractivity contribution >= 4 is 46.5 Å². The molecule has 21 nitrogen and oxygen atoms in total. The number of aliphatic carboxylic acids is 1. The van der Waals surface area contributed by atoms with E-state index in [1.807, 2.05) is 18.2 Å². The molecule has 3 heterocycles. The number of rotatable bonds is 15. The first kappa shape index (κ1) is 47.5. The summed E-state index contributed by atoms with van der Waals surface area (Å²) in [5.41, 5.74) is 8.48. The number of H-pyrrole nitrogens is 1. The molecule has 3 aromatic rings. The molecule has 2 aromatic carbocycles. The Balaban J connectivity index is 1.25. The number of nitrogens with one attached hydrogen (secondary N) is 8. The van der Waals surface area contributed by atoms with E-state index in [2.05, 4.69) is 47.2 Å². The zero-order valence-corrected chi connectivity index (χ0v) is 35.4. The molecule has 13 N–H and O–H groups in total. The van der Waals surface area contributed by atoms with E-state index in [0.29, 0.717) is 60.2 Å². The number of nitrogens with two attached hydrogens (primary N) is 1. The van der Waals surface area contributed by atoms with Gasteiger partial charge in [0.2, 0.25) is 29.5 Å². The van der Waals surface area contributed by atoms with Gasteiger partial charge in [0.15, 0.2) is 0 Å². The average molecular weight is 876 g/mol. The van der Waals surface area contributed by atoms with Crippen LogP contribution in [-0.2, 0) is 41.6 Å². The SMILES string of the molecule is CC(C)[C@@H]1NC(O)C(Cc2ccc(OCCCNC(=O)C3=CC=C(N)N(C)C3)cc2)NC(O)[C@H](CC(=O)O)NC(=O)CNC(=O)[C@H](CNC(=O)Cc2nc3ccccc3[nH]2)NC1=O. The second-order valence-corrected chi connectivity index (χ2v) is 15.7. The summed E-state index contributed by atoms with van der Waals surface area (Å²) in [5.74, 6) is -3.43. The number of fused-ring (bicyclic) bond motifs is 1. The normalized spacial score (nSPS) is 22.7. The van der Waals surface area contributed by atoms with Crippen LogP contribution in [0.3, 0.4) is 0 Å². The third-order valence-electron chi connectivity index (χ3n) is 10.4. The molecule has 63 heavy (non-hydrogen) atoms. The molecule has 0 bridgehead atoms. The first-order chi connectivity index (χ1) is 30.1. The average Bonchev–Trinajstić information content (AvgIpc) is 3.65. The summed E-state index contributed by atoms with van der Waals surface area (Å²) in [6.07, 6.45) is -0.244. The fraction of sp³-hybridized carbons (Fsp3) is 0.452. The van der Waals surface area contributed by atoms with E-state index >= 15 is 0 Å². The maximum atomic E-state index is 13.8. The molecule has 2 aliphatic rings. The van der Waals surface area contributed by atoms with Crippen molar-refractivity contribution in [3.63, 3.8) is 0 Å². The number of imidazole rings is 1. The third-order valence-corrected chi connectivity index (χ3v) is 10.4. The van der Waals surface area contributed by atoms with E-state index in [9.17, 15) is 44.1 Å². The lowest BCUT2D eigenvalue weighted by molar-refractivity contribution is -0.139. The van der Waals surface area contributed by atoms with Crippen molar-refractivity contribution in [3.05, 3.63) is 83.5 Å². The van der Waals surface area contributed by atoms with E-state index in [1.54, 1.807) is 68.3 Å². The number of aromatic nitrogens is 2. The number of nitrogens with zero attached hydrogens (tertiary/aromatic N) is 2. The van der Waals surface area contributed by atoms with Crippen LogP contribution in [-0.4, -0.2) is 142 Å². The number of likely N-dealkylation sites (N-methyl/N-ethyl adjacent to an activating group) is 1. The molecule has 2 aliphatic heterocycles. The van der Waals surface area contributed by atoms with E-state index in [4.69, 9.17) is 10.5 Å². The van der Waals surface area contributed by atoms with Crippen LogP contribution < -0.4 is 47.7 Å². The summed E-state index contributed by atoms with van der Waals surface area (Å²) in [6, 6.07) is 9.07. The van der Waals surface area contributed by atoms with Crippen molar-refractivity contribution in [1.29, 1.82) is 0 Å². The molecule has 0 radical (unpaired) electrons. The van der Waals surface area contributed by atoms with Gasteiger partial charge in [0.25, 0.3) is 0 Å². The highest BCUT2D eigenvalue weighted by atomic mass is 16.5. The Morgan fingerprint density at radius 3 is 2.38 bits per heavy atom. The molecule has 5 rings (SSSR count). The summed E-state index contributed by atoms with van der Waals surface area (Å²) in [6.45, 7) is 3.46. The predicted octanol–water partition coefficient (Wildman–Crippen LogP) is -2.20. The Bertz CT molecular complexity index is 2130. The Labute approximate surface area is 363 Å². The minimum Gasteiger partial charge on any atom is -0.494 e. The van der Waals surface area contributed by atoms with Crippen molar-refractivity contribution < 1.29 is 48.8 Å². The number of allylic oxidation sites excluding steroid dienone is 2. The Hall–Kier alpha value is -6.55. The Morgan fingerprint density at radius 2 is 1.68 bits per heavy atom. The second kappa shape index (κ2) is 22.5. The molecular weight excluding hydrogens is 819 g/mol. The van der Waals surface area contributed by atoms with Gasteiger partial charge in [0.1, 0.15) is 30.1 Å². The predicted molar refractivity (Wildman–Crippen MR) is 229 cm³/mol. The van der Waals surface area contributed by atoms with Gasteiger partial charge in [0, 0.05) is 32.3 Å². The minimum atomic E-state index is -1.72. The standard InChI is InChI=1S/C42H57N11O10/c1-23(2)37-42(62)51-31(20-45-34(54)19-33-47-27-7-4-5-8-28(27)48-33)39(59)46-21-35(55)49-30(18-36(56)57)40(60)50-29(41(61)52-37)17-24-9-12-26(13-10-24)63-16-6-15-44-38(58)25-11-14-32(43)53(3)22-25/h4-5,7-14,23,29-31,37,40-41,50,52,60-61H,6,15-22,43H2,1-3H3,(H,44,58)(H,45,54)(H,46,59)(H,47,48)(H,49,55)(H,51,62)(H,56,57)/t29?,30-,31-,37-,40?,41?/m0/s1. The van der Waals surface area contributed by atoms with Gasteiger partial charge < -0.3 is 62.3 Å². The van der Waals surface area contributed by atoms with Gasteiger partial charge >= 0.3 is 5.97 Å². The van der Waals surface area contributed by atoms with E-state index in [0.717, 1.165) is 5.52 Å². The van der Waals surface area contributed by atoms with Gasteiger partial charge in [0.05, 0.1) is 61.0 Å². The summed E-state index contributed by atoms with van der Waals surface area (Å²) >= 11 is 0. The van der Waals surface area contributed by atoms with Crippen LogP contribution in [0.5, 0.6) is 5.75 Å². The van der Waals surface area contributed by atoms with Gasteiger partial charge in [-0.05, 0) is 60.7 Å². The lowest BCUT2D eigenvalue weighted by Crippen LogP contribution is -2.62. The Morgan fingerprint density at radius 1 is 0.952 bits per heavy atom. The summed E-state index contributed by atoms with van der Waals surface area (Å²) in [7, 11) is 1.80. The van der Waals surface area contributed by atoms with Crippen LogP contribution >= 0.6 is 0 Å². The molecule has 0 spiro atoms. The largest absolute Gasteiger partial charge is 0.494 e. The highest BCUT2D eigenvalue weighted by Gasteiger charge is 2.35. The summed E-state index contributed by atoms with van der Waals surface area (Å²) in [5, 5.41) is 51.2. The van der Waals surface area contributed by atoms with Crippen molar-refractivity contribution in [2.45, 2.75) is 76.2 Å². The number of carboxylic acid groups (broad SMARTS) is 1. The van der Waals surface area contributed by atoms with Gasteiger partial charge in [-0.1, -0.05) is 38.1 Å². The first-order valence-corrected chi connectivity index (χ1v) is 20.6. The monoisotopic (exact) mass is 875 g/mol. The van der Waals surface area contributed by atoms with Gasteiger partial charge in [-0.15, -0.1) is 0 Å². The number of hydrogen-bond acceptors (Lipinski definition) is 14. The molecule has 0 aliphatic carbocycles. The quantitative estimate of drug-likeness (QED) is 0.0722. The van der Waals surface area contributed by atoms with Crippen LogP contribution in [0.15, 0.2) is 72.1 Å². The lowest BCUT2D eigenvalue weighted by atomic mass is 9.99. The van der Waals surface area contributed by atoms with E-state index in [-0.39, 0.29) is 25.3 Å². The number of para-hydroxylation sites is 2. The van der Waals surface area contributed by atoms with Crippen LogP contribution in [0.1, 0.15) is 38.1 Å². The fourth-order valence-electron chi connectivity index (χ4n) is 6.85. The number of aromatic amines is 1. The topological polar surface area (TPSA) is 314 Å². The minimum absolute atomic E-state index is 0.0313. The van der Waals surface area contributed by atoms with E-state index < -0.39 is 85.1 Å². The number of aliphatic hydroxyl groups is 2. The van der Waals surface area contributed by atoms with Crippen molar-refractivity contribution in [2.24, 2.45) is 11.7 Å². The van der Waals surface area contributed by atoms with Crippen LogP contribution in [0, 0.1) is 5.92 Å². The van der Waals surface area contributed by atoms with Gasteiger partial charge in [-0.25, -0.2) is 4.98 Å². The van der Waals surface area contributed by atoms with Crippen molar-refractivity contribution in [2.75, 3.05) is 39.8 Å². The number of aliphatic hydroxyl groups excluding tert-OH is 2. The van der Waals surface area contributed by atoms with Gasteiger partial charge in [-0.2, -0.15) is 0 Å². The fourth-order valence-corrected chi connectivity index (χ4v) is 6.85. The number of benzene rings is 2. The molecule has 1 fully saturated rings. The maximum absolute atomic E-state index is 13.8. The number of carboxylic acids is 1. The lowest BCUT2D eigenvalue weighted by Gasteiger charge is -2.34. The molecule has 21 heteroatoms. The number of ether oxygens (including phenoxy) is 1. The van der Waals surface area contributed by atoms with Crippen molar-refractivity contribution in [3.8, 4) is 5.75 Å². The van der Waals surface area contributed by atoms with Crippen LogP contribution in [0.2, 0.25) is 0 Å². The molecule has 3 unspecified atom stereocenters. The summed E-state index contributed by atoms with van der Waals surface area (Å²) in [4.78, 5) is 86.8. The molecular formula is C42H57N11O10. The molecule has 5 amide bonds. The maximum Gasteiger partial charge on any atom is 0.305 e. The zero-order chi connectivity index (χ0) is 45.6. The first-order valence-electron chi connectivity index (χ1n) is 20.6. The van der Waals surface area contributed by atoms with E-state index in [1.165, 1.54) is 0 Å². The highest BCUT2D eigenvalue weighted by molar-refractivity contribution is 5.94. The molecule has 1 aromatic heterocycles. The molecule has 6 atom stereocenters. The third kappa shape index (κ3) is 14.2. The number of hydrogen-bond donors (Lipinski definition) is 12. The molecule has 1 saturated heterocycles. The van der Waals surface area contributed by atoms with Crippen LogP contribution in [0.25, 0.3) is 11.0 Å². The smallest absolute Gasteiger partial charge is 0.305 e. The van der Waals surface area contributed by atoms with Crippen LogP contribution in [0.4, 0.5) is 0 Å². The Kier molecular flexibility index (Phi) is 17.0. The molecule has 0 saturated carbocycles. The number of amides is 5.